The molecule has 6 nitrogen and oxygen atoms in total. The van der Waals surface area contributed by atoms with Gasteiger partial charge in [0.1, 0.15) is 4.21 Å². The zero-order chi connectivity index (χ0) is 15.3. The van der Waals surface area contributed by atoms with Crippen molar-refractivity contribution in [1.29, 1.82) is 0 Å². The van der Waals surface area contributed by atoms with E-state index in [1.807, 2.05) is 6.07 Å². The molecule has 21 heavy (non-hydrogen) atoms. The number of carbonyl (C=O) groups excluding carboxylic acids is 1. The van der Waals surface area contributed by atoms with Crippen molar-refractivity contribution in [2.75, 3.05) is 6.54 Å². The molecule has 9 heteroatoms. The van der Waals surface area contributed by atoms with E-state index in [1.54, 1.807) is 24.4 Å². The number of nitrogens with zero attached hydrogens (tertiary/aromatic N) is 1. The fourth-order valence-electron chi connectivity index (χ4n) is 1.43. The molecule has 0 aliphatic rings. The number of carbonyl (C=O) groups is 1. The molecule has 0 fully saturated rings. The molecule has 2 rings (SSSR count). The van der Waals surface area contributed by atoms with E-state index in [2.05, 4.69) is 31.0 Å². The molecule has 2 heterocycles. The summed E-state index contributed by atoms with van der Waals surface area (Å²) in [4.78, 5) is 15.7. The predicted octanol–water partition coefficient (Wildman–Crippen LogP) is 1.50. The van der Waals surface area contributed by atoms with Gasteiger partial charge in [0.25, 0.3) is 10.0 Å². The molecule has 0 atom stereocenters. The minimum absolute atomic E-state index is 0.159. The first-order chi connectivity index (χ1) is 9.97. The number of hydrogen-bond donors (Lipinski definition) is 2. The first kappa shape index (κ1) is 16.1. The molecule has 0 aromatic carbocycles. The van der Waals surface area contributed by atoms with E-state index in [1.165, 1.54) is 6.07 Å². The van der Waals surface area contributed by atoms with Gasteiger partial charge in [-0.2, -0.15) is 0 Å². The highest BCUT2D eigenvalue weighted by atomic mass is 79.9. The maximum atomic E-state index is 11.9. The molecule has 1 amide bonds. The molecule has 0 bridgehead atoms. The van der Waals surface area contributed by atoms with Gasteiger partial charge in [-0.05, 0) is 40.2 Å². The SMILES string of the molecule is O=C(CNS(=O)(=O)c1ccc(Br)s1)NCc1ccccn1. The average Bonchev–Trinajstić information content (AvgIpc) is 2.92. The quantitative estimate of drug-likeness (QED) is 0.783. The first-order valence-electron chi connectivity index (χ1n) is 5.89. The maximum Gasteiger partial charge on any atom is 0.250 e. The summed E-state index contributed by atoms with van der Waals surface area (Å²) in [7, 11) is -3.66. The van der Waals surface area contributed by atoms with Crippen molar-refractivity contribution in [3.8, 4) is 0 Å². The summed E-state index contributed by atoms with van der Waals surface area (Å²) in [6, 6.07) is 8.47. The van der Waals surface area contributed by atoms with Gasteiger partial charge < -0.3 is 5.32 Å². The summed E-state index contributed by atoms with van der Waals surface area (Å²) >= 11 is 4.28. The zero-order valence-corrected chi connectivity index (χ0v) is 14.0. The third-order valence-electron chi connectivity index (χ3n) is 2.43. The molecule has 0 aliphatic heterocycles. The minimum atomic E-state index is -3.66. The molecule has 0 spiro atoms. The van der Waals surface area contributed by atoms with E-state index < -0.39 is 15.9 Å². The lowest BCUT2D eigenvalue weighted by atomic mass is 10.3. The number of amides is 1. The topological polar surface area (TPSA) is 88.2 Å². The van der Waals surface area contributed by atoms with E-state index in [0.717, 1.165) is 11.3 Å². The molecular weight excluding hydrogens is 378 g/mol. The Labute approximate surface area is 134 Å². The second kappa shape index (κ2) is 7.12. The Morgan fingerprint density at radius 2 is 2.10 bits per heavy atom. The van der Waals surface area contributed by atoms with Crippen LogP contribution in [0.1, 0.15) is 5.69 Å². The van der Waals surface area contributed by atoms with Crippen LogP contribution < -0.4 is 10.0 Å². The van der Waals surface area contributed by atoms with Crippen LogP contribution in [0.3, 0.4) is 0 Å². The molecule has 0 saturated heterocycles. The van der Waals surface area contributed by atoms with Crippen LogP contribution in [0.5, 0.6) is 0 Å². The fourth-order valence-corrected chi connectivity index (χ4v) is 4.46. The van der Waals surface area contributed by atoms with Gasteiger partial charge in [0.05, 0.1) is 22.6 Å². The van der Waals surface area contributed by atoms with Crippen molar-refractivity contribution in [3.05, 3.63) is 46.0 Å². The number of rotatable bonds is 6. The number of nitrogens with one attached hydrogen (secondary N) is 2. The van der Waals surface area contributed by atoms with Gasteiger partial charge in [0, 0.05) is 6.20 Å². The molecule has 2 aromatic heterocycles. The highest BCUT2D eigenvalue weighted by Gasteiger charge is 2.17. The summed E-state index contributed by atoms with van der Waals surface area (Å²) < 4.78 is 26.9. The Morgan fingerprint density at radius 3 is 2.71 bits per heavy atom. The number of pyridine rings is 1. The summed E-state index contributed by atoms with van der Waals surface area (Å²) in [5.41, 5.74) is 0.705. The van der Waals surface area contributed by atoms with E-state index in [9.17, 15) is 13.2 Å². The van der Waals surface area contributed by atoms with E-state index in [4.69, 9.17) is 0 Å². The molecule has 0 saturated carbocycles. The van der Waals surface area contributed by atoms with E-state index in [-0.39, 0.29) is 17.3 Å². The van der Waals surface area contributed by atoms with Crippen LogP contribution in [-0.2, 0) is 21.4 Å². The van der Waals surface area contributed by atoms with Gasteiger partial charge >= 0.3 is 0 Å². The summed E-state index contributed by atoms with van der Waals surface area (Å²) in [5.74, 6) is -0.417. The van der Waals surface area contributed by atoms with Gasteiger partial charge in [0.15, 0.2) is 0 Å². The Kier molecular flexibility index (Phi) is 5.45. The lowest BCUT2D eigenvalue weighted by molar-refractivity contribution is -0.120. The number of halogens is 1. The Bertz CT molecular complexity index is 716. The van der Waals surface area contributed by atoms with Crippen LogP contribution in [-0.4, -0.2) is 25.9 Å². The average molecular weight is 390 g/mol. The van der Waals surface area contributed by atoms with Gasteiger partial charge in [-0.3, -0.25) is 9.78 Å². The largest absolute Gasteiger partial charge is 0.349 e. The van der Waals surface area contributed by atoms with Crippen molar-refractivity contribution in [2.45, 2.75) is 10.8 Å². The number of thiophene rings is 1. The van der Waals surface area contributed by atoms with Crippen LogP contribution in [0.4, 0.5) is 0 Å². The lowest BCUT2D eigenvalue weighted by Gasteiger charge is -2.06. The summed E-state index contributed by atoms with van der Waals surface area (Å²) in [6.45, 7) is -0.0589. The molecule has 0 radical (unpaired) electrons. The molecule has 0 unspecified atom stereocenters. The fraction of sp³-hybridized carbons (Fsp3) is 0.167. The Balaban J connectivity index is 1.84. The van der Waals surface area contributed by atoms with Crippen LogP contribution in [0, 0.1) is 0 Å². The van der Waals surface area contributed by atoms with Gasteiger partial charge in [-0.25, -0.2) is 13.1 Å². The van der Waals surface area contributed by atoms with Gasteiger partial charge in [0.2, 0.25) is 5.91 Å². The normalized spacial score (nSPS) is 11.3. The van der Waals surface area contributed by atoms with Crippen LogP contribution in [0.25, 0.3) is 0 Å². The third kappa shape index (κ3) is 4.88. The molecule has 112 valence electrons. The van der Waals surface area contributed by atoms with E-state index in [0.29, 0.717) is 9.48 Å². The number of hydrogen-bond acceptors (Lipinski definition) is 5. The van der Waals surface area contributed by atoms with E-state index >= 15 is 0 Å². The van der Waals surface area contributed by atoms with Crippen LogP contribution in [0.15, 0.2) is 44.5 Å². The van der Waals surface area contributed by atoms with Crippen molar-refractivity contribution < 1.29 is 13.2 Å². The van der Waals surface area contributed by atoms with Crippen molar-refractivity contribution >= 4 is 43.2 Å². The summed E-state index contributed by atoms with van der Waals surface area (Å²) in [5, 5.41) is 2.59. The first-order valence-corrected chi connectivity index (χ1v) is 8.98. The van der Waals surface area contributed by atoms with Crippen molar-refractivity contribution in [1.82, 2.24) is 15.0 Å². The van der Waals surface area contributed by atoms with Crippen molar-refractivity contribution in [3.63, 3.8) is 0 Å². The molecule has 0 aliphatic carbocycles. The maximum absolute atomic E-state index is 11.9. The summed E-state index contributed by atoms with van der Waals surface area (Å²) in [6.07, 6.45) is 1.62. The lowest BCUT2D eigenvalue weighted by Crippen LogP contribution is -2.36. The molecule has 2 N–H and O–H groups in total. The van der Waals surface area contributed by atoms with Crippen LogP contribution >= 0.6 is 27.3 Å². The number of aromatic nitrogens is 1. The molecular formula is C12H12BrN3O3S2. The predicted molar refractivity (Wildman–Crippen MR) is 83.3 cm³/mol. The monoisotopic (exact) mass is 389 g/mol. The third-order valence-corrected chi connectivity index (χ3v) is 5.95. The smallest absolute Gasteiger partial charge is 0.250 e. The minimum Gasteiger partial charge on any atom is -0.349 e. The Morgan fingerprint density at radius 1 is 1.29 bits per heavy atom. The highest BCUT2D eigenvalue weighted by molar-refractivity contribution is 9.11. The molecule has 2 aromatic rings. The number of sulfonamides is 1. The zero-order valence-electron chi connectivity index (χ0n) is 10.7. The van der Waals surface area contributed by atoms with Gasteiger partial charge in [-0.1, -0.05) is 6.07 Å². The van der Waals surface area contributed by atoms with Crippen molar-refractivity contribution in [2.24, 2.45) is 0 Å². The van der Waals surface area contributed by atoms with Crippen LogP contribution in [0.2, 0.25) is 0 Å². The van der Waals surface area contributed by atoms with Gasteiger partial charge in [-0.15, -0.1) is 11.3 Å². The second-order valence-electron chi connectivity index (χ2n) is 3.98. The highest BCUT2D eigenvalue weighted by Crippen LogP contribution is 2.25. The Hall–Kier alpha value is -1.29. The second-order valence-corrected chi connectivity index (χ2v) is 8.44. The standard InChI is InChI=1S/C12H12BrN3O3S2/c13-10-4-5-12(20-10)21(18,19)16-8-11(17)15-7-9-3-1-2-6-14-9/h1-6,16H,7-8H2,(H,15,17).